The maximum Gasteiger partial charge on any atom is 0.266 e. The van der Waals surface area contributed by atoms with Gasteiger partial charge in [-0.25, -0.2) is 9.38 Å². The largest absolute Gasteiger partial charge is 0.457 e. The van der Waals surface area contributed by atoms with Crippen LogP contribution < -0.4 is 0 Å². The Kier molecular flexibility index (Phi) is 5.69. The van der Waals surface area contributed by atoms with E-state index in [4.69, 9.17) is 4.42 Å². The fourth-order valence-electron chi connectivity index (χ4n) is 2.83. The second kappa shape index (κ2) is 8.39. The van der Waals surface area contributed by atoms with Gasteiger partial charge in [-0.3, -0.25) is 9.69 Å². The van der Waals surface area contributed by atoms with Crippen LogP contribution in [-0.2, 0) is 4.79 Å². The van der Waals surface area contributed by atoms with Crippen molar-refractivity contribution in [1.29, 1.82) is 0 Å². The third-order valence-electron chi connectivity index (χ3n) is 4.28. The first-order valence-electron chi connectivity index (χ1n) is 8.95. The third-order valence-corrected chi connectivity index (χ3v) is 5.82. The predicted molar refractivity (Wildman–Crippen MR) is 118 cm³/mol. The minimum atomic E-state index is -0.323. The topological polar surface area (TPSA) is 45.8 Å². The summed E-state index contributed by atoms with van der Waals surface area (Å²) in [4.78, 5) is 19.4. The van der Waals surface area contributed by atoms with Crippen molar-refractivity contribution in [1.82, 2.24) is 4.90 Å². The fourth-order valence-corrected chi connectivity index (χ4v) is 4.13. The van der Waals surface area contributed by atoms with Crippen LogP contribution in [0.5, 0.6) is 0 Å². The van der Waals surface area contributed by atoms with Crippen molar-refractivity contribution < 1.29 is 13.6 Å². The molecule has 0 unspecified atom stereocenters. The van der Waals surface area contributed by atoms with Crippen LogP contribution in [0, 0.1) is 5.82 Å². The molecule has 2 aromatic carbocycles. The molecule has 1 aliphatic heterocycles. The van der Waals surface area contributed by atoms with Crippen molar-refractivity contribution >= 4 is 50.5 Å². The van der Waals surface area contributed by atoms with Crippen LogP contribution in [0.3, 0.4) is 0 Å². The number of carbonyl (C=O) groups is 1. The number of benzene rings is 2. The van der Waals surface area contributed by atoms with E-state index < -0.39 is 0 Å². The molecule has 0 spiro atoms. The molecule has 1 saturated heterocycles. The Balaban J connectivity index is 1.60. The van der Waals surface area contributed by atoms with Gasteiger partial charge in [0.05, 0.1) is 10.6 Å². The standard InChI is InChI=1S/C22H16BrFN2O2S/c1-2-26-21(27)20(29-22(26)25-17-9-7-16(24)8-10-17)13-18-11-12-19(28-18)14-3-5-15(23)6-4-14/h3-13H,2H2,1H3/b20-13-,25-22?. The molecule has 0 bridgehead atoms. The summed E-state index contributed by atoms with van der Waals surface area (Å²) in [5, 5.41) is 0.565. The number of hydrogen-bond acceptors (Lipinski definition) is 4. The molecule has 146 valence electrons. The highest BCUT2D eigenvalue weighted by Crippen LogP contribution is 2.35. The van der Waals surface area contributed by atoms with Gasteiger partial charge in [0.1, 0.15) is 17.3 Å². The lowest BCUT2D eigenvalue weighted by molar-refractivity contribution is -0.122. The zero-order valence-electron chi connectivity index (χ0n) is 15.4. The van der Waals surface area contributed by atoms with Gasteiger partial charge in [0.25, 0.3) is 5.91 Å². The Morgan fingerprint density at radius 3 is 2.52 bits per heavy atom. The molecule has 0 radical (unpaired) electrons. The fraction of sp³-hybridized carbons (Fsp3) is 0.0909. The van der Waals surface area contributed by atoms with Crippen LogP contribution >= 0.6 is 27.7 Å². The molecule has 1 amide bonds. The van der Waals surface area contributed by atoms with Crippen molar-refractivity contribution in [2.45, 2.75) is 6.92 Å². The van der Waals surface area contributed by atoms with Gasteiger partial charge in [0, 0.05) is 22.7 Å². The summed E-state index contributed by atoms with van der Waals surface area (Å²) in [7, 11) is 0. The Morgan fingerprint density at radius 1 is 1.10 bits per heavy atom. The van der Waals surface area contributed by atoms with Crippen molar-refractivity contribution in [3.63, 3.8) is 0 Å². The molecule has 0 N–H and O–H groups in total. The van der Waals surface area contributed by atoms with Gasteiger partial charge in [-0.1, -0.05) is 28.1 Å². The SMILES string of the molecule is CCN1C(=O)/C(=C/c2ccc(-c3ccc(Br)cc3)o2)SC1=Nc1ccc(F)cc1. The molecule has 0 aliphatic carbocycles. The molecule has 3 aromatic rings. The number of amidine groups is 1. The van der Waals surface area contributed by atoms with Crippen LogP contribution in [0.25, 0.3) is 17.4 Å². The number of furan rings is 1. The molecule has 4 rings (SSSR count). The summed E-state index contributed by atoms with van der Waals surface area (Å²) in [5.74, 6) is 0.876. The minimum Gasteiger partial charge on any atom is -0.457 e. The van der Waals surface area contributed by atoms with Crippen molar-refractivity contribution in [2.75, 3.05) is 6.54 Å². The van der Waals surface area contributed by atoms with E-state index in [-0.39, 0.29) is 11.7 Å². The minimum absolute atomic E-state index is 0.125. The first-order chi connectivity index (χ1) is 14.0. The third kappa shape index (κ3) is 4.36. The average Bonchev–Trinajstić information content (AvgIpc) is 3.29. The summed E-state index contributed by atoms with van der Waals surface area (Å²) in [6, 6.07) is 17.4. The Labute approximate surface area is 180 Å². The summed E-state index contributed by atoms with van der Waals surface area (Å²) >= 11 is 4.70. The molecular weight excluding hydrogens is 455 g/mol. The van der Waals surface area contributed by atoms with Crippen LogP contribution in [0.2, 0.25) is 0 Å². The van der Waals surface area contributed by atoms with Crippen molar-refractivity contribution in [2.24, 2.45) is 4.99 Å². The zero-order chi connectivity index (χ0) is 20.4. The molecule has 2 heterocycles. The maximum atomic E-state index is 13.1. The highest BCUT2D eigenvalue weighted by molar-refractivity contribution is 9.10. The van der Waals surface area contributed by atoms with Gasteiger partial charge >= 0.3 is 0 Å². The number of rotatable bonds is 4. The van der Waals surface area contributed by atoms with E-state index in [1.807, 2.05) is 43.3 Å². The van der Waals surface area contributed by atoms with E-state index >= 15 is 0 Å². The molecule has 0 atom stereocenters. The van der Waals surface area contributed by atoms with Gasteiger partial charge < -0.3 is 4.42 Å². The molecule has 1 aromatic heterocycles. The van der Waals surface area contributed by atoms with Crippen LogP contribution in [0.15, 0.2) is 79.5 Å². The molecule has 4 nitrogen and oxygen atoms in total. The summed E-state index contributed by atoms with van der Waals surface area (Å²) in [5.41, 5.74) is 1.55. The highest BCUT2D eigenvalue weighted by Gasteiger charge is 2.32. The molecule has 1 fully saturated rings. The number of carbonyl (C=O) groups excluding carboxylic acids is 1. The van der Waals surface area contributed by atoms with E-state index in [1.165, 1.54) is 23.9 Å². The first-order valence-corrected chi connectivity index (χ1v) is 10.6. The normalized spacial score (nSPS) is 16.9. The van der Waals surface area contributed by atoms with Crippen LogP contribution in [0.1, 0.15) is 12.7 Å². The predicted octanol–water partition coefficient (Wildman–Crippen LogP) is 6.47. The van der Waals surface area contributed by atoms with Gasteiger partial charge in [-0.05, 0) is 67.2 Å². The van der Waals surface area contributed by atoms with Crippen LogP contribution in [-0.4, -0.2) is 22.5 Å². The van der Waals surface area contributed by atoms with Crippen LogP contribution in [0.4, 0.5) is 10.1 Å². The van der Waals surface area contributed by atoms with Gasteiger partial charge in [-0.2, -0.15) is 0 Å². The number of likely N-dealkylation sites (N-methyl/N-ethyl adjacent to an activating group) is 1. The lowest BCUT2D eigenvalue weighted by Gasteiger charge is -2.11. The van der Waals surface area contributed by atoms with E-state index in [2.05, 4.69) is 20.9 Å². The summed E-state index contributed by atoms with van der Waals surface area (Å²) in [6.07, 6.45) is 1.73. The molecule has 29 heavy (non-hydrogen) atoms. The Hall–Kier alpha value is -2.64. The lowest BCUT2D eigenvalue weighted by Crippen LogP contribution is -2.28. The van der Waals surface area contributed by atoms with Crippen molar-refractivity contribution in [3.8, 4) is 11.3 Å². The Bertz CT molecular complexity index is 1100. The van der Waals surface area contributed by atoms with Crippen molar-refractivity contribution in [3.05, 3.63) is 81.6 Å². The highest BCUT2D eigenvalue weighted by atomic mass is 79.9. The molecule has 7 heteroatoms. The first kappa shape index (κ1) is 19.7. The number of amides is 1. The molecule has 0 saturated carbocycles. The molecule has 1 aliphatic rings. The van der Waals surface area contributed by atoms with Gasteiger partial charge in [0.15, 0.2) is 5.17 Å². The second-order valence-corrected chi connectivity index (χ2v) is 8.16. The van der Waals surface area contributed by atoms with Gasteiger partial charge in [0.2, 0.25) is 0 Å². The smallest absolute Gasteiger partial charge is 0.266 e. The number of aliphatic imine (C=N–C) groups is 1. The number of hydrogen-bond donors (Lipinski definition) is 0. The zero-order valence-corrected chi connectivity index (χ0v) is 17.8. The van der Waals surface area contributed by atoms with E-state index in [0.717, 1.165) is 15.8 Å². The van der Waals surface area contributed by atoms with E-state index in [9.17, 15) is 9.18 Å². The average molecular weight is 471 g/mol. The quantitative estimate of drug-likeness (QED) is 0.410. The van der Waals surface area contributed by atoms with E-state index in [0.29, 0.717) is 28.1 Å². The Morgan fingerprint density at radius 2 is 1.83 bits per heavy atom. The number of nitrogens with zero attached hydrogens (tertiary/aromatic N) is 2. The molecular formula is C22H16BrFN2O2S. The summed E-state index contributed by atoms with van der Waals surface area (Å²) in [6.45, 7) is 2.38. The lowest BCUT2D eigenvalue weighted by atomic mass is 10.2. The maximum absolute atomic E-state index is 13.1. The number of halogens is 2. The number of thioether (sulfide) groups is 1. The second-order valence-electron chi connectivity index (χ2n) is 6.24. The van der Waals surface area contributed by atoms with E-state index in [1.54, 1.807) is 23.1 Å². The van der Waals surface area contributed by atoms with Gasteiger partial charge in [-0.15, -0.1) is 0 Å². The summed E-state index contributed by atoms with van der Waals surface area (Å²) < 4.78 is 20.0. The monoisotopic (exact) mass is 470 g/mol.